The van der Waals surface area contributed by atoms with Crippen LogP contribution >= 0.6 is 0 Å². The van der Waals surface area contributed by atoms with Crippen LogP contribution in [0.1, 0.15) is 44.1 Å². The summed E-state index contributed by atoms with van der Waals surface area (Å²) < 4.78 is 17.0. The maximum Gasteiger partial charge on any atom is 0.344 e. The Morgan fingerprint density at radius 1 is 0.974 bits per heavy atom. The third kappa shape index (κ3) is 6.41. The van der Waals surface area contributed by atoms with Gasteiger partial charge < -0.3 is 13.9 Å². The summed E-state index contributed by atoms with van der Waals surface area (Å²) in [5.74, 6) is 2.17. The van der Waals surface area contributed by atoms with Gasteiger partial charge in [0, 0.05) is 17.2 Å². The average molecular weight is 508 g/mol. The number of benzene rings is 3. The largest absolute Gasteiger partial charge is 0.482 e. The lowest BCUT2D eigenvalue weighted by molar-refractivity contribution is -0.145. The van der Waals surface area contributed by atoms with Crippen LogP contribution in [-0.4, -0.2) is 24.2 Å². The molecule has 1 aliphatic carbocycles. The fourth-order valence-corrected chi connectivity index (χ4v) is 5.06. The van der Waals surface area contributed by atoms with Crippen molar-refractivity contribution >= 4 is 12.0 Å². The van der Waals surface area contributed by atoms with Crippen molar-refractivity contribution in [1.29, 1.82) is 0 Å². The third-order valence-corrected chi connectivity index (χ3v) is 6.87. The standard InChI is InChI=1S/C33H33NO4/c1-2-36-31(35)23-37-29-19-11-12-24(21-29)20-27-17-9-10-18-28(27)22-30-34-32(25-13-5-3-6-14-25)33(38-30)26-15-7-4-8-16-26/h3-8,11-16,19,21-22,27H,2,9-10,17-18,20,23H2,1H3. The molecule has 1 heterocycles. The van der Waals surface area contributed by atoms with Gasteiger partial charge in [-0.1, -0.05) is 84.8 Å². The molecule has 0 radical (unpaired) electrons. The Balaban J connectivity index is 1.39. The first-order valence-electron chi connectivity index (χ1n) is 13.4. The molecule has 194 valence electrons. The zero-order valence-electron chi connectivity index (χ0n) is 21.8. The van der Waals surface area contributed by atoms with E-state index in [0.29, 0.717) is 24.2 Å². The number of carbonyl (C=O) groups is 1. The van der Waals surface area contributed by atoms with Crippen LogP contribution in [0.3, 0.4) is 0 Å². The fourth-order valence-electron chi connectivity index (χ4n) is 5.06. The van der Waals surface area contributed by atoms with Gasteiger partial charge in [-0.2, -0.15) is 0 Å². The Labute approximate surface area is 224 Å². The van der Waals surface area contributed by atoms with Crippen molar-refractivity contribution in [2.45, 2.75) is 39.0 Å². The van der Waals surface area contributed by atoms with Gasteiger partial charge in [0.05, 0.1) is 6.61 Å². The van der Waals surface area contributed by atoms with E-state index in [0.717, 1.165) is 41.8 Å². The van der Waals surface area contributed by atoms with Gasteiger partial charge >= 0.3 is 5.97 Å². The van der Waals surface area contributed by atoms with Crippen molar-refractivity contribution in [1.82, 2.24) is 4.98 Å². The Morgan fingerprint density at radius 3 is 2.50 bits per heavy atom. The zero-order valence-corrected chi connectivity index (χ0v) is 21.8. The second-order valence-electron chi connectivity index (χ2n) is 9.57. The number of esters is 1. The predicted octanol–water partition coefficient (Wildman–Crippen LogP) is 7.77. The van der Waals surface area contributed by atoms with Crippen molar-refractivity contribution in [3.63, 3.8) is 0 Å². The third-order valence-electron chi connectivity index (χ3n) is 6.87. The number of carbonyl (C=O) groups excluding carboxylic acids is 1. The lowest BCUT2D eigenvalue weighted by Crippen LogP contribution is -2.15. The Morgan fingerprint density at radius 2 is 1.74 bits per heavy atom. The molecule has 1 saturated carbocycles. The van der Waals surface area contributed by atoms with Gasteiger partial charge in [-0.15, -0.1) is 0 Å². The summed E-state index contributed by atoms with van der Waals surface area (Å²) in [6.45, 7) is 2.06. The van der Waals surface area contributed by atoms with Gasteiger partial charge in [0.25, 0.3) is 0 Å². The molecule has 0 aliphatic heterocycles. The lowest BCUT2D eigenvalue weighted by Gasteiger charge is -2.25. The quantitative estimate of drug-likeness (QED) is 0.217. The molecule has 0 saturated heterocycles. The molecule has 1 aliphatic rings. The number of aromatic nitrogens is 1. The average Bonchev–Trinajstić information content (AvgIpc) is 3.38. The summed E-state index contributed by atoms with van der Waals surface area (Å²) in [6.07, 6.45) is 7.59. The monoisotopic (exact) mass is 507 g/mol. The molecule has 38 heavy (non-hydrogen) atoms. The van der Waals surface area contributed by atoms with Crippen molar-refractivity contribution in [3.8, 4) is 28.3 Å². The van der Waals surface area contributed by atoms with Crippen molar-refractivity contribution in [2.75, 3.05) is 13.2 Å². The maximum absolute atomic E-state index is 11.7. The Kier molecular flexibility index (Phi) is 8.34. The van der Waals surface area contributed by atoms with Crippen LogP contribution in [0.25, 0.3) is 28.7 Å². The van der Waals surface area contributed by atoms with Gasteiger partial charge in [0.2, 0.25) is 5.89 Å². The van der Waals surface area contributed by atoms with E-state index < -0.39 is 0 Å². The molecule has 4 aromatic rings. The molecule has 0 amide bonds. The number of ether oxygens (including phenoxy) is 2. The van der Waals surface area contributed by atoms with Crippen molar-refractivity contribution < 1.29 is 18.7 Å². The van der Waals surface area contributed by atoms with Crippen LogP contribution in [-0.2, 0) is 16.0 Å². The minimum absolute atomic E-state index is 0.0798. The fraction of sp³-hybridized carbons (Fsp3) is 0.273. The molecular weight excluding hydrogens is 474 g/mol. The summed E-state index contributed by atoms with van der Waals surface area (Å²) in [6, 6.07) is 28.4. The van der Waals surface area contributed by atoms with E-state index in [1.165, 1.54) is 24.0 Å². The van der Waals surface area contributed by atoms with Gasteiger partial charge in [-0.05, 0) is 56.2 Å². The van der Waals surface area contributed by atoms with Crippen molar-refractivity contribution in [3.05, 3.63) is 102 Å². The second kappa shape index (κ2) is 12.4. The molecule has 0 N–H and O–H groups in total. The number of oxazole rings is 1. The molecule has 0 spiro atoms. The summed E-state index contributed by atoms with van der Waals surface area (Å²) in [5.41, 5.74) is 5.48. The highest BCUT2D eigenvalue weighted by Gasteiger charge is 2.22. The smallest absolute Gasteiger partial charge is 0.344 e. The molecular formula is C33H33NO4. The molecule has 3 aromatic carbocycles. The van der Waals surface area contributed by atoms with Gasteiger partial charge in [-0.25, -0.2) is 9.78 Å². The van der Waals surface area contributed by atoms with Crippen LogP contribution in [0.4, 0.5) is 0 Å². The highest BCUT2D eigenvalue weighted by Crippen LogP contribution is 2.37. The number of rotatable bonds is 9. The van der Waals surface area contributed by atoms with Crippen LogP contribution in [0.5, 0.6) is 5.75 Å². The molecule has 5 nitrogen and oxygen atoms in total. The zero-order chi connectivity index (χ0) is 26.2. The number of nitrogens with zero attached hydrogens (tertiary/aromatic N) is 1. The van der Waals surface area contributed by atoms with Crippen LogP contribution < -0.4 is 4.74 Å². The summed E-state index contributed by atoms with van der Waals surface area (Å²) >= 11 is 0. The SMILES string of the molecule is CCOC(=O)COc1cccc(CC2CCCCC2=Cc2nc(-c3ccccc3)c(-c3ccccc3)o2)c1. The van der Waals surface area contributed by atoms with E-state index in [1.54, 1.807) is 6.92 Å². The summed E-state index contributed by atoms with van der Waals surface area (Å²) in [7, 11) is 0. The van der Waals surface area contributed by atoms with E-state index in [9.17, 15) is 4.79 Å². The minimum Gasteiger partial charge on any atom is -0.482 e. The summed E-state index contributed by atoms with van der Waals surface area (Å²) in [4.78, 5) is 16.6. The Hall–Kier alpha value is -4.12. The number of allylic oxidation sites excluding steroid dienone is 1. The van der Waals surface area contributed by atoms with E-state index in [2.05, 4.69) is 36.4 Å². The van der Waals surface area contributed by atoms with Gasteiger partial charge in [-0.3, -0.25) is 0 Å². The van der Waals surface area contributed by atoms with Crippen LogP contribution in [0.15, 0.2) is 94.9 Å². The highest BCUT2D eigenvalue weighted by atomic mass is 16.6. The topological polar surface area (TPSA) is 61.6 Å². The van der Waals surface area contributed by atoms with E-state index in [4.69, 9.17) is 18.9 Å². The van der Waals surface area contributed by atoms with Crippen LogP contribution in [0, 0.1) is 5.92 Å². The van der Waals surface area contributed by atoms with E-state index >= 15 is 0 Å². The highest BCUT2D eigenvalue weighted by molar-refractivity contribution is 5.77. The summed E-state index contributed by atoms with van der Waals surface area (Å²) in [5, 5.41) is 0. The minimum atomic E-state index is -0.355. The maximum atomic E-state index is 11.7. The molecule has 1 fully saturated rings. The molecule has 1 aromatic heterocycles. The normalized spacial score (nSPS) is 16.3. The number of hydrogen-bond acceptors (Lipinski definition) is 5. The number of hydrogen-bond donors (Lipinski definition) is 0. The van der Waals surface area contributed by atoms with Gasteiger partial charge in [0.1, 0.15) is 11.4 Å². The first-order chi connectivity index (χ1) is 18.7. The molecule has 1 atom stereocenters. The molecule has 5 rings (SSSR count). The second-order valence-corrected chi connectivity index (χ2v) is 9.57. The molecule has 0 bridgehead atoms. The lowest BCUT2D eigenvalue weighted by atomic mass is 9.80. The van der Waals surface area contributed by atoms with Crippen molar-refractivity contribution in [2.24, 2.45) is 5.92 Å². The van der Waals surface area contributed by atoms with E-state index in [-0.39, 0.29) is 12.6 Å². The molecule has 1 unspecified atom stereocenters. The first-order valence-corrected chi connectivity index (χ1v) is 13.4. The Bertz CT molecular complexity index is 1320. The van der Waals surface area contributed by atoms with Crippen LogP contribution in [0.2, 0.25) is 0 Å². The van der Waals surface area contributed by atoms with Gasteiger partial charge in [0.15, 0.2) is 12.4 Å². The van der Waals surface area contributed by atoms with E-state index in [1.807, 2.05) is 54.6 Å². The predicted molar refractivity (Wildman–Crippen MR) is 150 cm³/mol. The molecule has 5 heteroatoms. The first kappa shape index (κ1) is 25.5.